The van der Waals surface area contributed by atoms with Gasteiger partial charge in [-0.2, -0.15) is 0 Å². The average molecular weight is 309 g/mol. The van der Waals surface area contributed by atoms with E-state index in [0.29, 0.717) is 18.0 Å². The smallest absolute Gasteiger partial charge is 0.187 e. The first-order valence-corrected chi connectivity index (χ1v) is 8.40. The van der Waals surface area contributed by atoms with E-state index in [0.717, 1.165) is 30.8 Å². The number of carbonyl (C=O) groups excluding carboxylic acids is 1. The van der Waals surface area contributed by atoms with Crippen LogP contribution < -0.4 is 5.32 Å². The van der Waals surface area contributed by atoms with E-state index < -0.39 is 0 Å². The van der Waals surface area contributed by atoms with E-state index in [2.05, 4.69) is 39.6 Å². The van der Waals surface area contributed by atoms with E-state index in [-0.39, 0.29) is 5.78 Å². The zero-order valence-corrected chi connectivity index (χ0v) is 13.6. The molecule has 0 radical (unpaired) electrons. The zero-order chi connectivity index (χ0) is 16.1. The summed E-state index contributed by atoms with van der Waals surface area (Å²) in [5.41, 5.74) is 3.75. The fourth-order valence-corrected chi connectivity index (χ4v) is 3.00. The van der Waals surface area contributed by atoms with Crippen molar-refractivity contribution in [1.29, 1.82) is 0 Å². The van der Waals surface area contributed by atoms with Gasteiger partial charge in [-0.1, -0.05) is 31.2 Å². The third kappa shape index (κ3) is 4.02. The van der Waals surface area contributed by atoms with Crippen molar-refractivity contribution >= 4 is 5.78 Å². The van der Waals surface area contributed by atoms with Gasteiger partial charge in [-0.15, -0.1) is 0 Å². The number of benzene rings is 1. The van der Waals surface area contributed by atoms with Gasteiger partial charge in [0, 0.05) is 19.2 Å². The topological polar surface area (TPSA) is 54.9 Å². The molecule has 1 aromatic heterocycles. The lowest BCUT2D eigenvalue weighted by molar-refractivity contribution is 0.0988. The Kier molecular flexibility index (Phi) is 5.13. The van der Waals surface area contributed by atoms with Gasteiger partial charge in [0.1, 0.15) is 5.69 Å². The molecule has 1 atom stereocenters. The summed E-state index contributed by atoms with van der Waals surface area (Å²) < 4.78 is 0. The summed E-state index contributed by atoms with van der Waals surface area (Å²) in [6.45, 7) is 4.20. The van der Waals surface area contributed by atoms with Crippen LogP contribution in [-0.4, -0.2) is 28.8 Å². The summed E-state index contributed by atoms with van der Waals surface area (Å²) >= 11 is 0. The maximum Gasteiger partial charge on any atom is 0.187 e. The minimum atomic E-state index is 0.0206. The standard InChI is InChI=1S/C19H23N3O/c1-2-17-12-22-18(13-21-17)19(23)10-14-5-7-15(8-6-14)16-4-3-9-20-11-16/h5-8,12-13,16,20H,2-4,9-11H2,1H3/t16-/m1/s1. The van der Waals surface area contributed by atoms with Gasteiger partial charge in [0.15, 0.2) is 5.78 Å². The van der Waals surface area contributed by atoms with Crippen LogP contribution in [0.2, 0.25) is 0 Å². The maximum atomic E-state index is 12.3. The maximum absolute atomic E-state index is 12.3. The van der Waals surface area contributed by atoms with Crippen molar-refractivity contribution in [3.63, 3.8) is 0 Å². The number of Topliss-reactive ketones (excluding diaryl/α,β-unsaturated/α-hetero) is 1. The summed E-state index contributed by atoms with van der Waals surface area (Å²) in [5.74, 6) is 0.619. The molecule has 2 aromatic rings. The molecule has 0 amide bonds. The van der Waals surface area contributed by atoms with Gasteiger partial charge in [-0.05, 0) is 42.9 Å². The Morgan fingerprint density at radius 3 is 2.65 bits per heavy atom. The monoisotopic (exact) mass is 309 g/mol. The normalized spacial score (nSPS) is 17.9. The molecule has 1 aromatic carbocycles. The van der Waals surface area contributed by atoms with E-state index in [4.69, 9.17) is 0 Å². The van der Waals surface area contributed by atoms with Crippen LogP contribution in [0.5, 0.6) is 0 Å². The van der Waals surface area contributed by atoms with Gasteiger partial charge >= 0.3 is 0 Å². The Morgan fingerprint density at radius 2 is 2.04 bits per heavy atom. The molecule has 3 rings (SSSR count). The van der Waals surface area contributed by atoms with E-state index >= 15 is 0 Å². The Morgan fingerprint density at radius 1 is 1.22 bits per heavy atom. The number of ketones is 1. The fourth-order valence-electron chi connectivity index (χ4n) is 3.00. The number of rotatable bonds is 5. The summed E-state index contributed by atoms with van der Waals surface area (Å²) in [6, 6.07) is 8.45. The summed E-state index contributed by atoms with van der Waals surface area (Å²) in [4.78, 5) is 20.7. The number of nitrogens with zero attached hydrogens (tertiary/aromatic N) is 2. The van der Waals surface area contributed by atoms with Gasteiger partial charge in [0.05, 0.1) is 11.9 Å². The predicted octanol–water partition coefficient (Wildman–Crippen LogP) is 2.93. The highest BCUT2D eigenvalue weighted by Crippen LogP contribution is 2.23. The molecule has 0 bridgehead atoms. The van der Waals surface area contributed by atoms with Crippen LogP contribution in [0.15, 0.2) is 36.7 Å². The number of nitrogens with one attached hydrogen (secondary N) is 1. The lowest BCUT2D eigenvalue weighted by atomic mass is 9.91. The van der Waals surface area contributed by atoms with Crippen molar-refractivity contribution in [3.05, 3.63) is 59.2 Å². The number of piperidine rings is 1. The Bertz CT molecular complexity index is 643. The molecule has 1 saturated heterocycles. The summed E-state index contributed by atoms with van der Waals surface area (Å²) in [5, 5.41) is 3.44. The SMILES string of the molecule is CCc1cnc(C(=O)Cc2ccc([C@@H]3CCCNC3)cc2)cn1. The first kappa shape index (κ1) is 15.8. The van der Waals surface area contributed by atoms with Crippen molar-refractivity contribution in [2.45, 2.75) is 38.5 Å². The fraction of sp³-hybridized carbons (Fsp3) is 0.421. The molecular weight excluding hydrogens is 286 g/mol. The number of hydrogen-bond donors (Lipinski definition) is 1. The second-order valence-corrected chi connectivity index (χ2v) is 6.13. The molecule has 1 N–H and O–H groups in total. The lowest BCUT2D eigenvalue weighted by Crippen LogP contribution is -2.28. The highest BCUT2D eigenvalue weighted by atomic mass is 16.1. The quantitative estimate of drug-likeness (QED) is 0.863. The highest BCUT2D eigenvalue weighted by molar-refractivity contribution is 5.95. The largest absolute Gasteiger partial charge is 0.316 e. The molecule has 0 spiro atoms. The van der Waals surface area contributed by atoms with Crippen LogP contribution in [0.3, 0.4) is 0 Å². The molecule has 0 unspecified atom stereocenters. The van der Waals surface area contributed by atoms with Crippen LogP contribution in [0.4, 0.5) is 0 Å². The third-order valence-electron chi connectivity index (χ3n) is 4.47. The van der Waals surface area contributed by atoms with Crippen LogP contribution in [0.25, 0.3) is 0 Å². The molecule has 1 aliphatic rings. The summed E-state index contributed by atoms with van der Waals surface area (Å²) in [6.07, 6.45) is 6.96. The summed E-state index contributed by atoms with van der Waals surface area (Å²) in [7, 11) is 0. The number of carbonyl (C=O) groups is 1. The van der Waals surface area contributed by atoms with E-state index in [1.54, 1.807) is 12.4 Å². The van der Waals surface area contributed by atoms with E-state index in [9.17, 15) is 4.79 Å². The minimum Gasteiger partial charge on any atom is -0.316 e. The van der Waals surface area contributed by atoms with Crippen molar-refractivity contribution in [3.8, 4) is 0 Å². The second kappa shape index (κ2) is 7.47. The molecule has 2 heterocycles. The van der Waals surface area contributed by atoms with Crippen LogP contribution >= 0.6 is 0 Å². The Hall–Kier alpha value is -2.07. The minimum absolute atomic E-state index is 0.0206. The third-order valence-corrected chi connectivity index (χ3v) is 4.47. The second-order valence-electron chi connectivity index (χ2n) is 6.13. The average Bonchev–Trinajstić information content (AvgIpc) is 2.63. The predicted molar refractivity (Wildman–Crippen MR) is 90.7 cm³/mol. The number of aromatic nitrogens is 2. The lowest BCUT2D eigenvalue weighted by Gasteiger charge is -2.23. The van der Waals surface area contributed by atoms with Crippen molar-refractivity contribution in [2.75, 3.05) is 13.1 Å². The first-order valence-electron chi connectivity index (χ1n) is 8.40. The Balaban J connectivity index is 1.63. The van der Waals surface area contributed by atoms with Crippen LogP contribution in [0.1, 0.15) is 53.0 Å². The molecule has 1 fully saturated rings. The zero-order valence-electron chi connectivity index (χ0n) is 13.6. The van der Waals surface area contributed by atoms with Crippen molar-refractivity contribution in [2.24, 2.45) is 0 Å². The van der Waals surface area contributed by atoms with E-state index in [1.807, 2.05) is 6.92 Å². The van der Waals surface area contributed by atoms with Gasteiger partial charge in [0.25, 0.3) is 0 Å². The van der Waals surface area contributed by atoms with E-state index in [1.165, 1.54) is 18.4 Å². The molecule has 4 nitrogen and oxygen atoms in total. The molecule has 0 aliphatic carbocycles. The molecule has 120 valence electrons. The first-order chi connectivity index (χ1) is 11.3. The number of hydrogen-bond acceptors (Lipinski definition) is 4. The van der Waals surface area contributed by atoms with Crippen LogP contribution in [0, 0.1) is 0 Å². The van der Waals surface area contributed by atoms with Crippen molar-refractivity contribution in [1.82, 2.24) is 15.3 Å². The molecule has 1 aliphatic heterocycles. The van der Waals surface area contributed by atoms with Crippen molar-refractivity contribution < 1.29 is 4.79 Å². The van der Waals surface area contributed by atoms with Gasteiger partial charge < -0.3 is 5.32 Å². The molecule has 23 heavy (non-hydrogen) atoms. The number of aryl methyl sites for hydroxylation is 1. The molecular formula is C19H23N3O. The molecule has 0 saturated carbocycles. The van der Waals surface area contributed by atoms with Crippen LogP contribution in [-0.2, 0) is 12.8 Å². The van der Waals surface area contributed by atoms with Gasteiger partial charge in [-0.3, -0.25) is 9.78 Å². The van der Waals surface area contributed by atoms with Gasteiger partial charge in [-0.25, -0.2) is 4.98 Å². The molecule has 4 heteroatoms. The Labute approximate surface area is 137 Å². The van der Waals surface area contributed by atoms with Gasteiger partial charge in [0.2, 0.25) is 0 Å². The highest BCUT2D eigenvalue weighted by Gasteiger charge is 2.15.